The summed E-state index contributed by atoms with van der Waals surface area (Å²) >= 11 is 0. The van der Waals surface area contributed by atoms with Crippen LogP contribution in [0.2, 0.25) is 0 Å². The van der Waals surface area contributed by atoms with Crippen LogP contribution in [0.15, 0.2) is 18.2 Å². The Balaban J connectivity index is 1.72. The highest BCUT2D eigenvalue weighted by Gasteiger charge is 2.47. The van der Waals surface area contributed by atoms with Crippen molar-refractivity contribution in [1.82, 2.24) is 5.32 Å². The molecule has 0 heterocycles. The van der Waals surface area contributed by atoms with E-state index in [2.05, 4.69) is 37.4 Å². The van der Waals surface area contributed by atoms with E-state index in [0.717, 1.165) is 36.5 Å². The summed E-state index contributed by atoms with van der Waals surface area (Å²) in [6.07, 6.45) is 6.71. The van der Waals surface area contributed by atoms with Gasteiger partial charge in [-0.2, -0.15) is 0 Å². The minimum absolute atomic E-state index is 0.619. The molecule has 1 aromatic carbocycles. The monoisotopic (exact) mass is 287 g/mol. The molecule has 0 radical (unpaired) electrons. The van der Waals surface area contributed by atoms with Crippen LogP contribution in [0, 0.1) is 24.7 Å². The Labute approximate surface area is 129 Å². The molecule has 2 aliphatic carbocycles. The highest BCUT2D eigenvalue weighted by atomic mass is 16.5. The molecule has 0 saturated heterocycles. The molecule has 2 fully saturated rings. The molecule has 1 N–H and O–H groups in total. The van der Waals surface area contributed by atoms with E-state index in [9.17, 15) is 0 Å². The number of hydrogen-bond donors (Lipinski definition) is 1. The molecular weight excluding hydrogens is 258 g/mol. The minimum atomic E-state index is 0.619. The second kappa shape index (κ2) is 6.39. The van der Waals surface area contributed by atoms with Crippen molar-refractivity contribution >= 4 is 0 Å². The van der Waals surface area contributed by atoms with Crippen LogP contribution in [0.3, 0.4) is 0 Å². The van der Waals surface area contributed by atoms with Crippen molar-refractivity contribution in [3.8, 4) is 5.75 Å². The van der Waals surface area contributed by atoms with E-state index in [0.29, 0.717) is 6.04 Å². The summed E-state index contributed by atoms with van der Waals surface area (Å²) in [6.45, 7) is 5.55. The van der Waals surface area contributed by atoms with Crippen LogP contribution in [-0.2, 0) is 6.42 Å². The summed E-state index contributed by atoms with van der Waals surface area (Å²) in [7, 11) is 1.79. The molecule has 116 valence electrons. The summed E-state index contributed by atoms with van der Waals surface area (Å²) in [5.41, 5.74) is 2.70. The van der Waals surface area contributed by atoms with Gasteiger partial charge in [0.15, 0.2) is 0 Å². The Kier molecular flexibility index (Phi) is 4.54. The van der Waals surface area contributed by atoms with Crippen molar-refractivity contribution in [1.29, 1.82) is 0 Å². The van der Waals surface area contributed by atoms with Gasteiger partial charge in [-0.15, -0.1) is 0 Å². The van der Waals surface area contributed by atoms with Crippen molar-refractivity contribution in [3.63, 3.8) is 0 Å². The molecule has 2 nitrogen and oxygen atoms in total. The average molecular weight is 287 g/mol. The number of aryl methyl sites for hydroxylation is 1. The summed E-state index contributed by atoms with van der Waals surface area (Å²) in [5.74, 6) is 4.03. The van der Waals surface area contributed by atoms with E-state index >= 15 is 0 Å². The third-order valence-corrected chi connectivity index (χ3v) is 5.38. The topological polar surface area (TPSA) is 21.3 Å². The molecule has 2 heteroatoms. The van der Waals surface area contributed by atoms with Crippen molar-refractivity contribution in [2.75, 3.05) is 13.7 Å². The van der Waals surface area contributed by atoms with Crippen molar-refractivity contribution in [2.24, 2.45) is 17.8 Å². The van der Waals surface area contributed by atoms with E-state index in [1.807, 2.05) is 0 Å². The maximum absolute atomic E-state index is 5.57. The number of nitrogens with one attached hydrogen (secondary N) is 1. The Morgan fingerprint density at radius 3 is 2.67 bits per heavy atom. The number of benzene rings is 1. The number of rotatable bonds is 7. The summed E-state index contributed by atoms with van der Waals surface area (Å²) < 4.78 is 5.57. The average Bonchev–Trinajstić information content (AvgIpc) is 3.10. The molecule has 3 rings (SSSR count). The fourth-order valence-corrected chi connectivity index (χ4v) is 4.13. The van der Waals surface area contributed by atoms with Gasteiger partial charge >= 0.3 is 0 Å². The fraction of sp³-hybridized carbons (Fsp3) is 0.684. The lowest BCUT2D eigenvalue weighted by molar-refractivity contribution is 0.327. The van der Waals surface area contributed by atoms with Gasteiger partial charge in [-0.25, -0.2) is 0 Å². The molecule has 2 saturated carbocycles. The SMILES string of the molecule is CCCNC(Cc1cc(C)ccc1OC)C1CC2CC2C1. The van der Waals surface area contributed by atoms with Crippen LogP contribution in [-0.4, -0.2) is 19.7 Å². The van der Waals surface area contributed by atoms with E-state index in [1.165, 1.54) is 36.8 Å². The molecule has 0 bridgehead atoms. The Morgan fingerprint density at radius 2 is 2.00 bits per heavy atom. The first kappa shape index (κ1) is 14.9. The molecule has 0 aromatic heterocycles. The first-order valence-electron chi connectivity index (χ1n) is 8.58. The van der Waals surface area contributed by atoms with E-state index in [-0.39, 0.29) is 0 Å². The van der Waals surface area contributed by atoms with E-state index in [4.69, 9.17) is 4.74 Å². The zero-order valence-corrected chi connectivity index (χ0v) is 13.7. The van der Waals surface area contributed by atoms with Gasteiger partial charge in [-0.1, -0.05) is 24.6 Å². The number of ether oxygens (including phenoxy) is 1. The van der Waals surface area contributed by atoms with Crippen molar-refractivity contribution in [2.45, 2.75) is 52.0 Å². The lowest BCUT2D eigenvalue weighted by Crippen LogP contribution is -2.38. The second-order valence-corrected chi connectivity index (χ2v) is 7.07. The summed E-state index contributed by atoms with van der Waals surface area (Å²) in [6, 6.07) is 7.18. The van der Waals surface area contributed by atoms with Crippen molar-refractivity contribution < 1.29 is 4.74 Å². The molecule has 0 spiro atoms. The van der Waals surface area contributed by atoms with Crippen LogP contribution in [0.5, 0.6) is 5.75 Å². The predicted molar refractivity (Wildman–Crippen MR) is 87.8 cm³/mol. The lowest BCUT2D eigenvalue weighted by atomic mass is 9.89. The van der Waals surface area contributed by atoms with Gasteiger partial charge in [0.25, 0.3) is 0 Å². The Hall–Kier alpha value is -1.02. The van der Waals surface area contributed by atoms with Crippen LogP contribution in [0.4, 0.5) is 0 Å². The minimum Gasteiger partial charge on any atom is -0.496 e. The fourth-order valence-electron chi connectivity index (χ4n) is 4.13. The molecule has 2 aliphatic rings. The first-order valence-corrected chi connectivity index (χ1v) is 8.58. The smallest absolute Gasteiger partial charge is 0.122 e. The zero-order chi connectivity index (χ0) is 14.8. The van der Waals surface area contributed by atoms with Gasteiger partial charge in [0.05, 0.1) is 7.11 Å². The summed E-state index contributed by atoms with van der Waals surface area (Å²) in [5, 5.41) is 3.82. The van der Waals surface area contributed by atoms with Gasteiger partial charge in [0.2, 0.25) is 0 Å². The quantitative estimate of drug-likeness (QED) is 0.819. The highest BCUT2D eigenvalue weighted by molar-refractivity contribution is 5.37. The van der Waals surface area contributed by atoms with Crippen LogP contribution in [0.25, 0.3) is 0 Å². The van der Waals surface area contributed by atoms with E-state index < -0.39 is 0 Å². The maximum atomic E-state index is 5.57. The second-order valence-electron chi connectivity index (χ2n) is 7.07. The number of hydrogen-bond acceptors (Lipinski definition) is 2. The predicted octanol–water partition coefficient (Wildman–Crippen LogP) is 3.96. The normalized spacial score (nSPS) is 28.2. The van der Waals surface area contributed by atoms with Gasteiger partial charge in [0.1, 0.15) is 5.75 Å². The third kappa shape index (κ3) is 3.42. The van der Waals surface area contributed by atoms with Gasteiger partial charge in [-0.05, 0) is 75.0 Å². The summed E-state index contributed by atoms with van der Waals surface area (Å²) in [4.78, 5) is 0. The molecule has 3 atom stereocenters. The van der Waals surface area contributed by atoms with Gasteiger partial charge in [0, 0.05) is 6.04 Å². The highest BCUT2D eigenvalue weighted by Crippen LogP contribution is 2.55. The van der Waals surface area contributed by atoms with Gasteiger partial charge < -0.3 is 10.1 Å². The molecular formula is C19H29NO. The Bertz CT molecular complexity index is 474. The van der Waals surface area contributed by atoms with E-state index in [1.54, 1.807) is 7.11 Å². The largest absolute Gasteiger partial charge is 0.496 e. The first-order chi connectivity index (χ1) is 10.2. The third-order valence-electron chi connectivity index (χ3n) is 5.38. The van der Waals surface area contributed by atoms with Crippen LogP contribution >= 0.6 is 0 Å². The molecule has 3 unspecified atom stereocenters. The van der Waals surface area contributed by atoms with Crippen LogP contribution < -0.4 is 10.1 Å². The standard InChI is InChI=1S/C19H29NO/c1-4-7-20-18(16-10-14-9-15(14)11-16)12-17-8-13(2)5-6-19(17)21-3/h5-6,8,14-16,18,20H,4,7,9-12H2,1-3H3. The zero-order valence-electron chi connectivity index (χ0n) is 13.7. The molecule has 21 heavy (non-hydrogen) atoms. The van der Waals surface area contributed by atoms with Crippen LogP contribution in [0.1, 0.15) is 43.7 Å². The molecule has 0 amide bonds. The Morgan fingerprint density at radius 1 is 1.24 bits per heavy atom. The van der Waals surface area contributed by atoms with Crippen molar-refractivity contribution in [3.05, 3.63) is 29.3 Å². The molecule has 0 aliphatic heterocycles. The number of fused-ring (bicyclic) bond motifs is 1. The lowest BCUT2D eigenvalue weighted by Gasteiger charge is -2.27. The van der Waals surface area contributed by atoms with Gasteiger partial charge in [-0.3, -0.25) is 0 Å². The maximum Gasteiger partial charge on any atom is 0.122 e. The molecule has 1 aromatic rings. The number of methoxy groups -OCH3 is 1.